The van der Waals surface area contributed by atoms with Gasteiger partial charge in [-0.3, -0.25) is 4.79 Å². The van der Waals surface area contributed by atoms with Crippen molar-refractivity contribution >= 4 is 17.5 Å². The largest absolute Gasteiger partial charge is 0.369 e. The highest BCUT2D eigenvalue weighted by atomic mass is 16.1. The van der Waals surface area contributed by atoms with Crippen molar-refractivity contribution in [1.29, 1.82) is 0 Å². The van der Waals surface area contributed by atoms with Gasteiger partial charge in [-0.25, -0.2) is 9.97 Å². The third kappa shape index (κ3) is 3.51. The van der Waals surface area contributed by atoms with Crippen LogP contribution in [0.4, 0.5) is 11.6 Å². The number of carbonyl (C=O) groups is 1. The molecule has 0 aliphatic rings. The van der Waals surface area contributed by atoms with Crippen molar-refractivity contribution in [2.24, 2.45) is 0 Å². The molecule has 2 aromatic heterocycles. The Morgan fingerprint density at radius 3 is 2.74 bits per heavy atom. The van der Waals surface area contributed by atoms with Gasteiger partial charge in [-0.05, 0) is 30.7 Å². The molecule has 98 valence electrons. The van der Waals surface area contributed by atoms with Gasteiger partial charge in [-0.1, -0.05) is 13.0 Å². The molecule has 0 aliphatic carbocycles. The molecule has 1 amide bonds. The first-order valence-electron chi connectivity index (χ1n) is 6.22. The summed E-state index contributed by atoms with van der Waals surface area (Å²) in [7, 11) is 0. The molecule has 2 heterocycles. The van der Waals surface area contributed by atoms with Crippen molar-refractivity contribution in [3.05, 3.63) is 48.3 Å². The number of carbonyl (C=O) groups excluding carboxylic acids is 1. The van der Waals surface area contributed by atoms with E-state index in [-0.39, 0.29) is 5.91 Å². The van der Waals surface area contributed by atoms with Crippen molar-refractivity contribution < 1.29 is 4.79 Å². The molecule has 0 aliphatic heterocycles. The van der Waals surface area contributed by atoms with Gasteiger partial charge in [-0.2, -0.15) is 0 Å². The molecular formula is C14H16N4O. The van der Waals surface area contributed by atoms with Gasteiger partial charge in [0.25, 0.3) is 5.91 Å². The number of rotatable bonds is 5. The molecule has 5 heteroatoms. The number of pyridine rings is 2. The fraction of sp³-hybridized carbons (Fsp3) is 0.214. The molecule has 0 fully saturated rings. The Kier molecular flexibility index (Phi) is 4.44. The number of nitrogens with zero attached hydrogens (tertiary/aromatic N) is 2. The molecule has 0 saturated carbocycles. The molecule has 2 aromatic rings. The van der Waals surface area contributed by atoms with E-state index >= 15 is 0 Å². The van der Waals surface area contributed by atoms with Crippen LogP contribution in [-0.2, 0) is 0 Å². The molecule has 2 rings (SSSR count). The fourth-order valence-electron chi connectivity index (χ4n) is 1.59. The van der Waals surface area contributed by atoms with Crippen molar-refractivity contribution in [3.63, 3.8) is 0 Å². The average Bonchev–Trinajstić information content (AvgIpc) is 2.46. The van der Waals surface area contributed by atoms with Gasteiger partial charge in [0.2, 0.25) is 0 Å². The normalized spacial score (nSPS) is 9.95. The summed E-state index contributed by atoms with van der Waals surface area (Å²) >= 11 is 0. The first kappa shape index (κ1) is 13.0. The van der Waals surface area contributed by atoms with E-state index in [1.165, 1.54) is 0 Å². The molecule has 0 radical (unpaired) electrons. The van der Waals surface area contributed by atoms with Crippen LogP contribution in [0, 0.1) is 0 Å². The summed E-state index contributed by atoms with van der Waals surface area (Å²) in [4.78, 5) is 20.4. The first-order chi connectivity index (χ1) is 9.31. The Morgan fingerprint density at radius 2 is 2.00 bits per heavy atom. The second kappa shape index (κ2) is 6.49. The van der Waals surface area contributed by atoms with E-state index in [0.29, 0.717) is 17.2 Å². The Balaban J connectivity index is 2.14. The van der Waals surface area contributed by atoms with Crippen LogP contribution < -0.4 is 10.6 Å². The maximum Gasteiger partial charge on any atom is 0.260 e. The summed E-state index contributed by atoms with van der Waals surface area (Å²) in [6, 6.07) is 8.84. The molecule has 0 bridgehead atoms. The topological polar surface area (TPSA) is 66.9 Å². The predicted octanol–water partition coefficient (Wildman–Crippen LogP) is 2.55. The smallest absolute Gasteiger partial charge is 0.260 e. The zero-order chi connectivity index (χ0) is 13.5. The Labute approximate surface area is 112 Å². The maximum atomic E-state index is 12.2. The minimum Gasteiger partial charge on any atom is -0.369 e. The molecule has 0 unspecified atom stereocenters. The highest BCUT2D eigenvalue weighted by Gasteiger charge is 2.12. The molecule has 0 saturated heterocycles. The molecule has 0 atom stereocenters. The molecule has 2 N–H and O–H groups in total. The Bertz CT molecular complexity index is 542. The summed E-state index contributed by atoms with van der Waals surface area (Å²) in [6.45, 7) is 2.84. The summed E-state index contributed by atoms with van der Waals surface area (Å²) in [5.41, 5.74) is 0.515. The van der Waals surface area contributed by atoms with Gasteiger partial charge in [0.05, 0.1) is 5.56 Å². The average molecular weight is 256 g/mol. The first-order valence-corrected chi connectivity index (χ1v) is 6.22. The second-order valence-corrected chi connectivity index (χ2v) is 4.00. The van der Waals surface area contributed by atoms with Crippen molar-refractivity contribution in [1.82, 2.24) is 9.97 Å². The van der Waals surface area contributed by atoms with Crippen LogP contribution in [0.3, 0.4) is 0 Å². The number of hydrogen-bond donors (Lipinski definition) is 2. The minimum absolute atomic E-state index is 0.217. The lowest BCUT2D eigenvalue weighted by molar-refractivity contribution is 0.102. The van der Waals surface area contributed by atoms with Crippen LogP contribution in [0.15, 0.2) is 42.7 Å². The van der Waals surface area contributed by atoms with Gasteiger partial charge in [0, 0.05) is 18.9 Å². The van der Waals surface area contributed by atoms with E-state index in [0.717, 1.165) is 13.0 Å². The second-order valence-electron chi connectivity index (χ2n) is 4.00. The zero-order valence-corrected chi connectivity index (χ0v) is 10.8. The monoisotopic (exact) mass is 256 g/mol. The fourth-order valence-corrected chi connectivity index (χ4v) is 1.59. The summed E-state index contributed by atoms with van der Waals surface area (Å²) in [5.74, 6) is 0.904. The number of amides is 1. The van der Waals surface area contributed by atoms with Crippen molar-refractivity contribution in [2.75, 3.05) is 17.2 Å². The van der Waals surface area contributed by atoms with E-state index in [9.17, 15) is 4.79 Å². The zero-order valence-electron chi connectivity index (χ0n) is 10.8. The van der Waals surface area contributed by atoms with Crippen molar-refractivity contribution in [3.8, 4) is 0 Å². The summed E-state index contributed by atoms with van der Waals surface area (Å²) in [5, 5.41) is 5.88. The van der Waals surface area contributed by atoms with Crippen LogP contribution in [0.1, 0.15) is 23.7 Å². The number of nitrogens with one attached hydrogen (secondary N) is 2. The molecule has 0 spiro atoms. The highest BCUT2D eigenvalue weighted by molar-refractivity contribution is 6.06. The third-order valence-corrected chi connectivity index (χ3v) is 2.50. The van der Waals surface area contributed by atoms with Gasteiger partial charge in [0.15, 0.2) is 0 Å². The predicted molar refractivity (Wildman–Crippen MR) is 75.2 cm³/mol. The molecule has 19 heavy (non-hydrogen) atoms. The van der Waals surface area contributed by atoms with Crippen LogP contribution in [0.5, 0.6) is 0 Å². The Morgan fingerprint density at radius 1 is 1.16 bits per heavy atom. The van der Waals surface area contributed by atoms with E-state index in [4.69, 9.17) is 0 Å². The molecule has 5 nitrogen and oxygen atoms in total. The van der Waals surface area contributed by atoms with E-state index in [2.05, 4.69) is 27.5 Å². The SMILES string of the molecule is CCCNc1ncccc1C(=O)Nc1ccccn1. The lowest BCUT2D eigenvalue weighted by atomic mass is 10.2. The highest BCUT2D eigenvalue weighted by Crippen LogP contribution is 2.13. The number of anilines is 2. The number of aromatic nitrogens is 2. The van der Waals surface area contributed by atoms with Crippen LogP contribution in [0.25, 0.3) is 0 Å². The summed E-state index contributed by atoms with van der Waals surface area (Å²) in [6.07, 6.45) is 4.27. The van der Waals surface area contributed by atoms with Gasteiger partial charge < -0.3 is 10.6 Å². The summed E-state index contributed by atoms with van der Waals surface area (Å²) < 4.78 is 0. The molecular weight excluding hydrogens is 240 g/mol. The van der Waals surface area contributed by atoms with Gasteiger partial charge >= 0.3 is 0 Å². The van der Waals surface area contributed by atoms with E-state index in [1.54, 1.807) is 36.7 Å². The minimum atomic E-state index is -0.217. The van der Waals surface area contributed by atoms with Crippen LogP contribution in [0.2, 0.25) is 0 Å². The van der Waals surface area contributed by atoms with Crippen LogP contribution >= 0.6 is 0 Å². The van der Waals surface area contributed by atoms with Gasteiger partial charge in [0.1, 0.15) is 11.6 Å². The third-order valence-electron chi connectivity index (χ3n) is 2.50. The standard InChI is InChI=1S/C14H16N4O/c1-2-8-16-13-11(6-5-10-17-13)14(19)18-12-7-3-4-9-15-12/h3-7,9-10H,2,8H2,1H3,(H,16,17)(H,15,18,19). The van der Waals surface area contributed by atoms with Crippen LogP contribution in [-0.4, -0.2) is 22.4 Å². The number of hydrogen-bond acceptors (Lipinski definition) is 4. The molecule has 0 aromatic carbocycles. The van der Waals surface area contributed by atoms with E-state index in [1.807, 2.05) is 6.07 Å². The maximum absolute atomic E-state index is 12.2. The lowest BCUT2D eigenvalue weighted by Crippen LogP contribution is -2.16. The van der Waals surface area contributed by atoms with E-state index < -0.39 is 0 Å². The Hall–Kier alpha value is -2.43. The quantitative estimate of drug-likeness (QED) is 0.862. The van der Waals surface area contributed by atoms with Gasteiger partial charge in [-0.15, -0.1) is 0 Å². The van der Waals surface area contributed by atoms with Crippen molar-refractivity contribution in [2.45, 2.75) is 13.3 Å². The lowest BCUT2D eigenvalue weighted by Gasteiger charge is -2.10.